The van der Waals surface area contributed by atoms with Gasteiger partial charge in [-0.3, -0.25) is 19.7 Å². The van der Waals surface area contributed by atoms with Crippen LogP contribution >= 0.6 is 23.1 Å². The highest BCUT2D eigenvalue weighted by atomic mass is 32.2. The van der Waals surface area contributed by atoms with Crippen LogP contribution in [0.2, 0.25) is 0 Å². The zero-order valence-electron chi connectivity index (χ0n) is 13.0. The zero-order valence-corrected chi connectivity index (χ0v) is 14.6. The normalized spacial score (nSPS) is 20.7. The molecule has 1 saturated carbocycles. The molecule has 0 atom stereocenters. The van der Waals surface area contributed by atoms with Gasteiger partial charge in [-0.25, -0.2) is 4.98 Å². The summed E-state index contributed by atoms with van der Waals surface area (Å²) >= 11 is 2.87. The lowest BCUT2D eigenvalue weighted by molar-refractivity contribution is -0.158. The molecule has 1 aromatic rings. The number of imide groups is 1. The quantitative estimate of drug-likeness (QED) is 0.661. The molecule has 0 bridgehead atoms. The molecule has 1 saturated heterocycles. The number of nitrogens with one attached hydrogen (secondary N) is 1. The van der Waals surface area contributed by atoms with E-state index in [1.165, 1.54) is 28.0 Å². The van der Waals surface area contributed by atoms with E-state index in [0.29, 0.717) is 12.8 Å². The molecule has 0 aromatic carbocycles. The summed E-state index contributed by atoms with van der Waals surface area (Å²) in [6.45, 7) is 1.88. The average molecular weight is 353 g/mol. The standard InChI is InChI=1S/C15H19N3O3S2/c1-10-8-22-14(16-10)23-9-12(20)18-7-11(19)17-13(21)15(18)5-3-2-4-6-15/h8H,2-7,9H2,1H3,(H,17,19,21). The van der Waals surface area contributed by atoms with Crippen molar-refractivity contribution in [1.29, 1.82) is 0 Å². The van der Waals surface area contributed by atoms with Gasteiger partial charge in [-0.1, -0.05) is 31.0 Å². The lowest BCUT2D eigenvalue weighted by atomic mass is 9.78. The summed E-state index contributed by atoms with van der Waals surface area (Å²) in [6, 6.07) is 0. The molecule has 0 radical (unpaired) electrons. The molecular weight excluding hydrogens is 334 g/mol. The van der Waals surface area contributed by atoms with Crippen molar-refractivity contribution in [3.63, 3.8) is 0 Å². The fraction of sp³-hybridized carbons (Fsp3) is 0.600. The molecule has 0 unspecified atom stereocenters. The van der Waals surface area contributed by atoms with E-state index in [2.05, 4.69) is 10.3 Å². The Morgan fingerprint density at radius 2 is 2.13 bits per heavy atom. The van der Waals surface area contributed by atoms with E-state index >= 15 is 0 Å². The highest BCUT2D eigenvalue weighted by Crippen LogP contribution is 2.36. The predicted molar refractivity (Wildman–Crippen MR) is 88.3 cm³/mol. The minimum Gasteiger partial charge on any atom is -0.318 e. The molecular formula is C15H19N3O3S2. The van der Waals surface area contributed by atoms with Gasteiger partial charge in [0.1, 0.15) is 12.1 Å². The Morgan fingerprint density at radius 1 is 1.39 bits per heavy atom. The highest BCUT2D eigenvalue weighted by Gasteiger charge is 2.50. The van der Waals surface area contributed by atoms with Crippen molar-refractivity contribution < 1.29 is 14.4 Å². The van der Waals surface area contributed by atoms with Crippen LogP contribution < -0.4 is 5.32 Å². The maximum atomic E-state index is 12.7. The van der Waals surface area contributed by atoms with Crippen LogP contribution in [0.25, 0.3) is 0 Å². The average Bonchev–Trinajstić information content (AvgIpc) is 2.95. The number of thiazole rings is 1. The van der Waals surface area contributed by atoms with Gasteiger partial charge in [-0.05, 0) is 19.8 Å². The number of carbonyl (C=O) groups excluding carboxylic acids is 3. The van der Waals surface area contributed by atoms with E-state index in [9.17, 15) is 14.4 Å². The monoisotopic (exact) mass is 353 g/mol. The molecule has 1 spiro atoms. The number of rotatable bonds is 3. The first kappa shape index (κ1) is 16.4. The van der Waals surface area contributed by atoms with Crippen molar-refractivity contribution in [2.75, 3.05) is 12.3 Å². The summed E-state index contributed by atoms with van der Waals surface area (Å²) in [6.07, 6.45) is 4.16. The molecule has 2 aliphatic rings. The van der Waals surface area contributed by atoms with Crippen LogP contribution in [0.3, 0.4) is 0 Å². The molecule has 2 heterocycles. The molecule has 3 amide bonds. The number of amides is 3. The molecule has 1 N–H and O–H groups in total. The zero-order chi connectivity index (χ0) is 16.4. The molecule has 2 fully saturated rings. The first-order valence-corrected chi connectivity index (χ1v) is 9.57. The second kappa shape index (κ2) is 6.60. The Morgan fingerprint density at radius 3 is 2.78 bits per heavy atom. The van der Waals surface area contributed by atoms with E-state index in [1.54, 1.807) is 0 Å². The molecule has 1 aliphatic heterocycles. The van der Waals surface area contributed by atoms with Crippen molar-refractivity contribution in [1.82, 2.24) is 15.2 Å². The Kier molecular flexibility index (Phi) is 4.72. The second-order valence-electron chi connectivity index (χ2n) is 5.99. The molecule has 8 heteroatoms. The van der Waals surface area contributed by atoms with Gasteiger partial charge >= 0.3 is 0 Å². The number of aromatic nitrogens is 1. The molecule has 3 rings (SSSR count). The van der Waals surface area contributed by atoms with Gasteiger partial charge in [0.25, 0.3) is 5.91 Å². The number of thioether (sulfide) groups is 1. The van der Waals surface area contributed by atoms with Gasteiger partial charge in [0.2, 0.25) is 11.8 Å². The Balaban J connectivity index is 1.75. The van der Waals surface area contributed by atoms with Crippen LogP contribution in [0, 0.1) is 6.92 Å². The summed E-state index contributed by atoms with van der Waals surface area (Å²) in [5.41, 5.74) is 0.101. The molecule has 23 heavy (non-hydrogen) atoms. The summed E-state index contributed by atoms with van der Waals surface area (Å²) in [5.74, 6) is -0.658. The minimum atomic E-state index is -0.831. The number of hydrogen-bond donors (Lipinski definition) is 1. The number of aryl methyl sites for hydroxylation is 1. The van der Waals surface area contributed by atoms with Gasteiger partial charge in [-0.2, -0.15) is 0 Å². The van der Waals surface area contributed by atoms with E-state index in [-0.39, 0.29) is 24.1 Å². The van der Waals surface area contributed by atoms with Gasteiger partial charge in [0.15, 0.2) is 4.34 Å². The fourth-order valence-corrected chi connectivity index (χ4v) is 4.99. The molecule has 6 nitrogen and oxygen atoms in total. The van der Waals surface area contributed by atoms with Crippen LogP contribution in [-0.4, -0.2) is 45.4 Å². The lowest BCUT2D eigenvalue weighted by Gasteiger charge is -2.47. The SMILES string of the molecule is Cc1csc(SCC(=O)N2CC(=O)NC(=O)C23CCCCC3)n1. The Labute approximate surface area is 143 Å². The first-order chi connectivity index (χ1) is 11.0. The maximum absolute atomic E-state index is 12.7. The summed E-state index contributed by atoms with van der Waals surface area (Å²) in [7, 11) is 0. The Bertz CT molecular complexity index is 638. The van der Waals surface area contributed by atoms with Crippen LogP contribution in [0.15, 0.2) is 9.72 Å². The smallest absolute Gasteiger partial charge is 0.252 e. The van der Waals surface area contributed by atoms with E-state index in [0.717, 1.165) is 29.3 Å². The van der Waals surface area contributed by atoms with Crippen molar-refractivity contribution in [3.05, 3.63) is 11.1 Å². The maximum Gasteiger partial charge on any atom is 0.252 e. The lowest BCUT2D eigenvalue weighted by Crippen LogP contribution is -2.69. The van der Waals surface area contributed by atoms with E-state index in [1.807, 2.05) is 12.3 Å². The Hall–Kier alpha value is -1.41. The van der Waals surface area contributed by atoms with E-state index in [4.69, 9.17) is 0 Å². The van der Waals surface area contributed by atoms with Crippen LogP contribution in [-0.2, 0) is 14.4 Å². The van der Waals surface area contributed by atoms with Gasteiger partial charge in [-0.15, -0.1) is 11.3 Å². The third kappa shape index (κ3) is 3.28. The van der Waals surface area contributed by atoms with Gasteiger partial charge < -0.3 is 4.90 Å². The van der Waals surface area contributed by atoms with Crippen molar-refractivity contribution >= 4 is 40.8 Å². The first-order valence-electron chi connectivity index (χ1n) is 7.71. The molecule has 1 aliphatic carbocycles. The van der Waals surface area contributed by atoms with Crippen LogP contribution in [0.5, 0.6) is 0 Å². The largest absolute Gasteiger partial charge is 0.318 e. The van der Waals surface area contributed by atoms with Crippen LogP contribution in [0.4, 0.5) is 0 Å². The third-order valence-corrected chi connectivity index (χ3v) is 6.52. The van der Waals surface area contributed by atoms with Crippen molar-refractivity contribution in [2.45, 2.75) is 48.9 Å². The summed E-state index contributed by atoms with van der Waals surface area (Å²) < 4.78 is 0.835. The van der Waals surface area contributed by atoms with Crippen molar-refractivity contribution in [2.24, 2.45) is 0 Å². The minimum absolute atomic E-state index is 0.0258. The topological polar surface area (TPSA) is 79.4 Å². The number of carbonyl (C=O) groups is 3. The third-order valence-electron chi connectivity index (χ3n) is 4.39. The van der Waals surface area contributed by atoms with Crippen LogP contribution in [0.1, 0.15) is 37.8 Å². The highest BCUT2D eigenvalue weighted by molar-refractivity contribution is 8.01. The fourth-order valence-electron chi connectivity index (χ4n) is 3.26. The number of piperazine rings is 1. The van der Waals surface area contributed by atoms with Gasteiger partial charge in [0, 0.05) is 11.1 Å². The summed E-state index contributed by atoms with van der Waals surface area (Å²) in [5, 5.41) is 4.35. The number of nitrogens with zero attached hydrogens (tertiary/aromatic N) is 2. The predicted octanol–water partition coefficient (Wildman–Crippen LogP) is 1.73. The molecule has 1 aromatic heterocycles. The van der Waals surface area contributed by atoms with E-state index < -0.39 is 11.4 Å². The molecule has 124 valence electrons. The van der Waals surface area contributed by atoms with Crippen molar-refractivity contribution in [3.8, 4) is 0 Å². The summed E-state index contributed by atoms with van der Waals surface area (Å²) in [4.78, 5) is 42.7. The second-order valence-corrected chi connectivity index (χ2v) is 8.07. The number of hydrogen-bond acceptors (Lipinski definition) is 6. The van der Waals surface area contributed by atoms with Gasteiger partial charge in [0.05, 0.1) is 5.75 Å².